The second kappa shape index (κ2) is 5.30. The summed E-state index contributed by atoms with van der Waals surface area (Å²) < 4.78 is 1.93. The Morgan fingerprint density at radius 3 is 2.90 bits per heavy atom. The van der Waals surface area contributed by atoms with Crippen LogP contribution in [0.4, 0.5) is 5.82 Å². The van der Waals surface area contributed by atoms with Crippen LogP contribution in [-0.4, -0.2) is 39.4 Å². The standard InChI is InChI=1S/C16H24N4O/c1-16(2,3)14-10-13-15(17-6-8-20(13)18-14)19-7-4-12(11-19)5-9-21/h6,8,10,12,21H,4-5,7,9,11H2,1-3H3. The van der Waals surface area contributed by atoms with Crippen molar-refractivity contribution < 1.29 is 5.11 Å². The van der Waals surface area contributed by atoms with Crippen LogP contribution in [0.2, 0.25) is 0 Å². The van der Waals surface area contributed by atoms with E-state index in [-0.39, 0.29) is 12.0 Å². The van der Waals surface area contributed by atoms with Crippen LogP contribution in [0.15, 0.2) is 18.5 Å². The van der Waals surface area contributed by atoms with E-state index >= 15 is 0 Å². The van der Waals surface area contributed by atoms with E-state index in [2.05, 4.69) is 41.8 Å². The van der Waals surface area contributed by atoms with E-state index in [0.717, 1.165) is 43.0 Å². The summed E-state index contributed by atoms with van der Waals surface area (Å²) in [6, 6.07) is 2.15. The van der Waals surface area contributed by atoms with Crippen molar-refractivity contribution >= 4 is 11.3 Å². The third kappa shape index (κ3) is 2.75. The first kappa shape index (κ1) is 14.3. The van der Waals surface area contributed by atoms with Crippen LogP contribution in [-0.2, 0) is 5.41 Å². The van der Waals surface area contributed by atoms with E-state index in [4.69, 9.17) is 5.11 Å². The third-order valence-corrected chi connectivity index (χ3v) is 4.26. The summed E-state index contributed by atoms with van der Waals surface area (Å²) >= 11 is 0. The summed E-state index contributed by atoms with van der Waals surface area (Å²) in [6.45, 7) is 8.78. The highest BCUT2D eigenvalue weighted by Gasteiger charge is 2.26. The zero-order chi connectivity index (χ0) is 15.0. The monoisotopic (exact) mass is 288 g/mol. The molecule has 0 spiro atoms. The van der Waals surface area contributed by atoms with E-state index in [1.54, 1.807) is 0 Å². The largest absolute Gasteiger partial charge is 0.396 e. The summed E-state index contributed by atoms with van der Waals surface area (Å²) in [5.41, 5.74) is 2.20. The molecule has 1 unspecified atom stereocenters. The first-order valence-electron chi connectivity index (χ1n) is 7.69. The van der Waals surface area contributed by atoms with Crippen LogP contribution < -0.4 is 4.90 Å². The van der Waals surface area contributed by atoms with E-state index < -0.39 is 0 Å². The van der Waals surface area contributed by atoms with Crippen molar-refractivity contribution in [1.29, 1.82) is 0 Å². The molecule has 2 aromatic rings. The van der Waals surface area contributed by atoms with Crippen molar-refractivity contribution in [3.8, 4) is 0 Å². The van der Waals surface area contributed by atoms with Gasteiger partial charge in [0.2, 0.25) is 0 Å². The number of nitrogens with zero attached hydrogens (tertiary/aromatic N) is 4. The van der Waals surface area contributed by atoms with Crippen LogP contribution in [0.1, 0.15) is 39.3 Å². The van der Waals surface area contributed by atoms with Crippen LogP contribution >= 0.6 is 0 Å². The molecular formula is C16H24N4O. The van der Waals surface area contributed by atoms with Gasteiger partial charge in [0.05, 0.1) is 5.69 Å². The fourth-order valence-corrected chi connectivity index (χ4v) is 2.96. The lowest BCUT2D eigenvalue weighted by atomic mass is 9.92. The summed E-state index contributed by atoms with van der Waals surface area (Å²) in [6.07, 6.45) is 5.74. The maximum absolute atomic E-state index is 9.10. The van der Waals surface area contributed by atoms with Crippen LogP contribution in [0, 0.1) is 5.92 Å². The molecular weight excluding hydrogens is 264 g/mol. The van der Waals surface area contributed by atoms with Crippen molar-refractivity contribution in [2.24, 2.45) is 5.92 Å². The molecule has 3 rings (SSSR count). The van der Waals surface area contributed by atoms with Crippen molar-refractivity contribution in [2.75, 3.05) is 24.6 Å². The number of fused-ring (bicyclic) bond motifs is 1. The number of hydrogen-bond donors (Lipinski definition) is 1. The fraction of sp³-hybridized carbons (Fsp3) is 0.625. The Hall–Kier alpha value is -1.62. The van der Waals surface area contributed by atoms with Crippen molar-refractivity contribution in [1.82, 2.24) is 14.6 Å². The molecule has 0 amide bonds. The molecule has 1 fully saturated rings. The molecule has 2 aromatic heterocycles. The van der Waals surface area contributed by atoms with E-state index in [0.29, 0.717) is 5.92 Å². The lowest BCUT2D eigenvalue weighted by Crippen LogP contribution is -2.21. The maximum atomic E-state index is 9.10. The van der Waals surface area contributed by atoms with Gasteiger partial charge in [0.15, 0.2) is 5.82 Å². The fourth-order valence-electron chi connectivity index (χ4n) is 2.96. The van der Waals surface area contributed by atoms with Gasteiger partial charge in [-0.1, -0.05) is 20.8 Å². The van der Waals surface area contributed by atoms with Crippen molar-refractivity contribution in [3.63, 3.8) is 0 Å². The Bertz CT molecular complexity index is 629. The average Bonchev–Trinajstić information content (AvgIpc) is 3.03. The number of anilines is 1. The number of aromatic nitrogens is 3. The third-order valence-electron chi connectivity index (χ3n) is 4.26. The predicted octanol–water partition coefficient (Wildman–Crippen LogP) is 2.24. The first-order valence-corrected chi connectivity index (χ1v) is 7.69. The highest BCUT2D eigenvalue weighted by molar-refractivity contribution is 5.69. The highest BCUT2D eigenvalue weighted by Crippen LogP contribution is 2.29. The molecule has 1 aliphatic rings. The van der Waals surface area contributed by atoms with Crippen molar-refractivity contribution in [2.45, 2.75) is 39.0 Å². The maximum Gasteiger partial charge on any atom is 0.154 e. The lowest BCUT2D eigenvalue weighted by Gasteiger charge is -2.18. The minimum Gasteiger partial charge on any atom is -0.396 e. The first-order chi connectivity index (χ1) is 9.99. The lowest BCUT2D eigenvalue weighted by molar-refractivity contribution is 0.263. The Morgan fingerprint density at radius 1 is 1.38 bits per heavy atom. The van der Waals surface area contributed by atoms with Gasteiger partial charge in [0.1, 0.15) is 5.52 Å². The molecule has 1 saturated heterocycles. The van der Waals surface area contributed by atoms with Crippen molar-refractivity contribution in [3.05, 3.63) is 24.2 Å². The predicted molar refractivity (Wildman–Crippen MR) is 83.7 cm³/mol. The van der Waals surface area contributed by atoms with Gasteiger partial charge in [-0.05, 0) is 24.8 Å². The normalized spacial score (nSPS) is 19.6. The summed E-state index contributed by atoms with van der Waals surface area (Å²) in [7, 11) is 0. The summed E-state index contributed by atoms with van der Waals surface area (Å²) in [4.78, 5) is 6.90. The van der Waals surface area contributed by atoms with Gasteiger partial charge in [0, 0.05) is 37.5 Å². The minimum atomic E-state index is 0.0354. The zero-order valence-corrected chi connectivity index (χ0v) is 13.1. The van der Waals surface area contributed by atoms with Gasteiger partial charge >= 0.3 is 0 Å². The molecule has 21 heavy (non-hydrogen) atoms. The average molecular weight is 288 g/mol. The molecule has 1 aliphatic heterocycles. The van der Waals surface area contributed by atoms with Gasteiger partial charge in [-0.3, -0.25) is 0 Å². The van der Waals surface area contributed by atoms with Gasteiger partial charge in [0.25, 0.3) is 0 Å². The molecule has 0 saturated carbocycles. The summed E-state index contributed by atoms with van der Waals surface area (Å²) in [5.74, 6) is 1.59. The molecule has 5 nitrogen and oxygen atoms in total. The van der Waals surface area contributed by atoms with Gasteiger partial charge < -0.3 is 10.0 Å². The SMILES string of the molecule is CC(C)(C)c1cc2c(N3CCC(CCO)C3)nccn2n1. The molecule has 0 bridgehead atoms. The molecule has 114 valence electrons. The number of hydrogen-bond acceptors (Lipinski definition) is 4. The number of rotatable bonds is 3. The van der Waals surface area contributed by atoms with Crippen LogP contribution in [0.3, 0.4) is 0 Å². The topological polar surface area (TPSA) is 53.7 Å². The second-order valence-electron chi connectivity index (χ2n) is 6.97. The molecule has 5 heteroatoms. The molecule has 0 aliphatic carbocycles. The Labute approximate surface area is 125 Å². The van der Waals surface area contributed by atoms with E-state index in [1.807, 2.05) is 16.9 Å². The van der Waals surface area contributed by atoms with E-state index in [1.165, 1.54) is 0 Å². The van der Waals surface area contributed by atoms with E-state index in [9.17, 15) is 0 Å². The van der Waals surface area contributed by atoms with Gasteiger partial charge in [-0.15, -0.1) is 0 Å². The summed E-state index contributed by atoms with van der Waals surface area (Å²) in [5, 5.41) is 13.8. The zero-order valence-electron chi connectivity index (χ0n) is 13.1. The Balaban J connectivity index is 1.94. The smallest absolute Gasteiger partial charge is 0.154 e. The van der Waals surface area contributed by atoms with Crippen LogP contribution in [0.25, 0.3) is 5.52 Å². The Morgan fingerprint density at radius 2 is 2.19 bits per heavy atom. The molecule has 0 aromatic carbocycles. The minimum absolute atomic E-state index is 0.0354. The molecule has 0 radical (unpaired) electrons. The van der Waals surface area contributed by atoms with Crippen LogP contribution in [0.5, 0.6) is 0 Å². The molecule has 1 N–H and O–H groups in total. The Kier molecular flexibility index (Phi) is 3.61. The second-order valence-corrected chi connectivity index (χ2v) is 6.97. The quantitative estimate of drug-likeness (QED) is 0.941. The highest BCUT2D eigenvalue weighted by atomic mass is 16.3. The number of aliphatic hydroxyl groups excluding tert-OH is 1. The van der Waals surface area contributed by atoms with Gasteiger partial charge in [-0.25, -0.2) is 9.50 Å². The molecule has 1 atom stereocenters. The van der Waals surface area contributed by atoms with Gasteiger partial charge in [-0.2, -0.15) is 5.10 Å². The molecule has 3 heterocycles. The number of aliphatic hydroxyl groups is 1.